The molecule has 3 aromatic heterocycles. The first-order chi connectivity index (χ1) is 12.3. The van der Waals surface area contributed by atoms with Crippen LogP contribution in [-0.4, -0.2) is 41.8 Å². The third-order valence-electron chi connectivity index (χ3n) is 4.58. The van der Waals surface area contributed by atoms with E-state index in [0.29, 0.717) is 23.7 Å². The predicted octanol–water partition coefficient (Wildman–Crippen LogP) is 1.64. The molecule has 0 bridgehead atoms. The minimum absolute atomic E-state index is 0.0594. The molecule has 4 heterocycles. The van der Waals surface area contributed by atoms with Crippen molar-refractivity contribution in [3.8, 4) is 5.95 Å². The molecular formula is C17H16N6O2. The smallest absolute Gasteiger partial charge is 0.327 e. The molecule has 1 saturated heterocycles. The molecular weight excluding hydrogens is 320 g/mol. The molecule has 0 saturated carbocycles. The number of rotatable bonds is 3. The quantitative estimate of drug-likeness (QED) is 0.614. The summed E-state index contributed by atoms with van der Waals surface area (Å²) in [5, 5.41) is 0. The standard InChI is InChI=1S/C17H16N6O2/c24-17-20-13-8-18-16(23-10-19-12-5-1-2-6-14(12)23)21-15(13)22(17)9-11-4-3-7-25-11/h1-2,5-6,8,10-11H,3-4,7,9H2,(H,20,24). The van der Waals surface area contributed by atoms with Gasteiger partial charge >= 0.3 is 5.69 Å². The van der Waals surface area contributed by atoms with Crippen molar-refractivity contribution in [3.05, 3.63) is 47.3 Å². The summed E-state index contributed by atoms with van der Waals surface area (Å²) in [6.45, 7) is 1.25. The summed E-state index contributed by atoms with van der Waals surface area (Å²) >= 11 is 0. The number of nitrogens with one attached hydrogen (secondary N) is 1. The maximum absolute atomic E-state index is 12.3. The Morgan fingerprint density at radius 3 is 3.08 bits per heavy atom. The highest BCUT2D eigenvalue weighted by molar-refractivity contribution is 5.77. The lowest BCUT2D eigenvalue weighted by atomic mass is 10.2. The van der Waals surface area contributed by atoms with E-state index in [9.17, 15) is 4.79 Å². The van der Waals surface area contributed by atoms with Gasteiger partial charge in [-0.15, -0.1) is 0 Å². The second-order valence-electron chi connectivity index (χ2n) is 6.19. The Morgan fingerprint density at radius 1 is 1.28 bits per heavy atom. The molecule has 0 radical (unpaired) electrons. The Morgan fingerprint density at radius 2 is 2.20 bits per heavy atom. The molecule has 1 fully saturated rings. The second kappa shape index (κ2) is 5.52. The SMILES string of the molecule is O=c1[nH]c2cnc(-n3cnc4ccccc43)nc2n1CC1CCCO1. The molecule has 5 rings (SSSR count). The maximum atomic E-state index is 12.3. The molecule has 1 aromatic carbocycles. The van der Waals surface area contributed by atoms with Gasteiger partial charge in [0.1, 0.15) is 11.8 Å². The Bertz CT molecular complexity index is 1120. The fraction of sp³-hybridized carbons (Fsp3) is 0.294. The topological polar surface area (TPSA) is 90.6 Å². The molecule has 126 valence electrons. The lowest BCUT2D eigenvalue weighted by Crippen LogP contribution is -2.24. The van der Waals surface area contributed by atoms with E-state index in [-0.39, 0.29) is 11.8 Å². The molecule has 8 heteroatoms. The van der Waals surface area contributed by atoms with Crippen LogP contribution in [0.4, 0.5) is 0 Å². The number of para-hydroxylation sites is 2. The molecule has 0 amide bonds. The number of imidazole rings is 2. The van der Waals surface area contributed by atoms with E-state index < -0.39 is 0 Å². The average molecular weight is 336 g/mol. The van der Waals surface area contributed by atoms with Gasteiger partial charge in [0.05, 0.1) is 29.9 Å². The first-order valence-electron chi connectivity index (χ1n) is 8.29. The molecule has 25 heavy (non-hydrogen) atoms. The van der Waals surface area contributed by atoms with Crippen molar-refractivity contribution in [2.75, 3.05) is 6.61 Å². The lowest BCUT2D eigenvalue weighted by Gasteiger charge is -2.10. The van der Waals surface area contributed by atoms with Crippen molar-refractivity contribution < 1.29 is 4.74 Å². The molecule has 1 N–H and O–H groups in total. The summed E-state index contributed by atoms with van der Waals surface area (Å²) in [5.41, 5.74) is 2.81. The van der Waals surface area contributed by atoms with Crippen LogP contribution in [0.1, 0.15) is 12.8 Å². The van der Waals surface area contributed by atoms with Crippen LogP contribution in [0, 0.1) is 0 Å². The first kappa shape index (κ1) is 14.4. The molecule has 1 atom stereocenters. The van der Waals surface area contributed by atoms with Gasteiger partial charge in [0.15, 0.2) is 5.65 Å². The molecule has 1 unspecified atom stereocenters. The largest absolute Gasteiger partial charge is 0.376 e. The van der Waals surface area contributed by atoms with E-state index >= 15 is 0 Å². The molecule has 0 spiro atoms. The van der Waals surface area contributed by atoms with E-state index in [0.717, 1.165) is 30.5 Å². The number of fused-ring (bicyclic) bond motifs is 2. The minimum atomic E-state index is -0.188. The summed E-state index contributed by atoms with van der Waals surface area (Å²) in [5.74, 6) is 0.487. The van der Waals surface area contributed by atoms with Gasteiger partial charge in [0.2, 0.25) is 5.95 Å². The molecule has 0 aliphatic carbocycles. The number of aromatic nitrogens is 6. The number of benzene rings is 1. The minimum Gasteiger partial charge on any atom is -0.376 e. The highest BCUT2D eigenvalue weighted by Crippen LogP contribution is 2.18. The van der Waals surface area contributed by atoms with Crippen molar-refractivity contribution >= 4 is 22.2 Å². The monoisotopic (exact) mass is 336 g/mol. The number of H-pyrrole nitrogens is 1. The highest BCUT2D eigenvalue weighted by Gasteiger charge is 2.20. The van der Waals surface area contributed by atoms with E-state index in [1.165, 1.54) is 0 Å². The second-order valence-corrected chi connectivity index (χ2v) is 6.19. The summed E-state index contributed by atoms with van der Waals surface area (Å²) in [6.07, 6.45) is 5.39. The summed E-state index contributed by atoms with van der Waals surface area (Å²) in [6, 6.07) is 7.79. The van der Waals surface area contributed by atoms with Gasteiger partial charge in [-0.3, -0.25) is 9.13 Å². The van der Waals surface area contributed by atoms with E-state index in [1.54, 1.807) is 17.1 Å². The first-order valence-corrected chi connectivity index (χ1v) is 8.29. The van der Waals surface area contributed by atoms with Crippen LogP contribution >= 0.6 is 0 Å². The number of ether oxygens (including phenoxy) is 1. The number of hydrogen-bond acceptors (Lipinski definition) is 5. The van der Waals surface area contributed by atoms with Gasteiger partial charge in [-0.2, -0.15) is 4.98 Å². The van der Waals surface area contributed by atoms with Gasteiger partial charge in [0, 0.05) is 6.61 Å². The normalized spacial score (nSPS) is 17.7. The number of aromatic amines is 1. The van der Waals surface area contributed by atoms with Crippen LogP contribution in [0.5, 0.6) is 0 Å². The van der Waals surface area contributed by atoms with Crippen LogP contribution in [0.15, 0.2) is 41.6 Å². The highest BCUT2D eigenvalue weighted by atomic mass is 16.5. The van der Waals surface area contributed by atoms with Crippen molar-refractivity contribution in [2.24, 2.45) is 0 Å². The number of nitrogens with zero attached hydrogens (tertiary/aromatic N) is 5. The van der Waals surface area contributed by atoms with Crippen LogP contribution in [-0.2, 0) is 11.3 Å². The van der Waals surface area contributed by atoms with Gasteiger partial charge < -0.3 is 9.72 Å². The van der Waals surface area contributed by atoms with Gasteiger partial charge in [-0.25, -0.2) is 14.8 Å². The average Bonchev–Trinajstić information content (AvgIpc) is 3.35. The van der Waals surface area contributed by atoms with Crippen molar-refractivity contribution in [2.45, 2.75) is 25.5 Å². The van der Waals surface area contributed by atoms with Crippen LogP contribution in [0.25, 0.3) is 28.1 Å². The Kier molecular flexibility index (Phi) is 3.17. The third kappa shape index (κ3) is 2.33. The molecule has 1 aliphatic rings. The zero-order valence-electron chi connectivity index (χ0n) is 13.4. The van der Waals surface area contributed by atoms with Crippen molar-refractivity contribution in [1.29, 1.82) is 0 Å². The molecule has 4 aromatic rings. The summed E-state index contributed by atoms with van der Waals surface area (Å²) < 4.78 is 9.11. The third-order valence-corrected chi connectivity index (χ3v) is 4.58. The summed E-state index contributed by atoms with van der Waals surface area (Å²) in [4.78, 5) is 28.5. The lowest BCUT2D eigenvalue weighted by molar-refractivity contribution is 0.0970. The van der Waals surface area contributed by atoms with E-state index in [2.05, 4.69) is 19.9 Å². The summed E-state index contributed by atoms with van der Waals surface area (Å²) in [7, 11) is 0. The van der Waals surface area contributed by atoms with Crippen molar-refractivity contribution in [3.63, 3.8) is 0 Å². The van der Waals surface area contributed by atoms with Gasteiger partial charge in [0.25, 0.3) is 0 Å². The van der Waals surface area contributed by atoms with Crippen LogP contribution in [0.3, 0.4) is 0 Å². The van der Waals surface area contributed by atoms with Gasteiger partial charge in [-0.1, -0.05) is 12.1 Å². The fourth-order valence-electron chi connectivity index (χ4n) is 3.33. The van der Waals surface area contributed by atoms with Gasteiger partial charge in [-0.05, 0) is 25.0 Å². The molecule has 1 aliphatic heterocycles. The fourth-order valence-corrected chi connectivity index (χ4v) is 3.33. The molecule has 8 nitrogen and oxygen atoms in total. The Labute approximate surface area is 142 Å². The maximum Gasteiger partial charge on any atom is 0.327 e. The van der Waals surface area contributed by atoms with Crippen LogP contribution in [0.2, 0.25) is 0 Å². The van der Waals surface area contributed by atoms with Crippen LogP contribution < -0.4 is 5.69 Å². The number of hydrogen-bond donors (Lipinski definition) is 1. The Balaban J connectivity index is 1.64. The zero-order chi connectivity index (χ0) is 16.8. The zero-order valence-corrected chi connectivity index (χ0v) is 13.4. The predicted molar refractivity (Wildman–Crippen MR) is 91.8 cm³/mol. The Hall–Kier alpha value is -3.00. The van der Waals surface area contributed by atoms with E-state index in [1.807, 2.05) is 28.8 Å². The van der Waals surface area contributed by atoms with Crippen molar-refractivity contribution in [1.82, 2.24) is 29.1 Å². The van der Waals surface area contributed by atoms with E-state index in [4.69, 9.17) is 4.74 Å².